The third-order valence-corrected chi connectivity index (χ3v) is 3.64. The van der Waals surface area contributed by atoms with Crippen molar-refractivity contribution in [2.24, 2.45) is 5.92 Å². The van der Waals surface area contributed by atoms with Crippen LogP contribution < -0.4 is 0 Å². The predicted molar refractivity (Wildman–Crippen MR) is 78.0 cm³/mol. The highest BCUT2D eigenvalue weighted by molar-refractivity contribution is 6.30. The number of halogens is 1. The Morgan fingerprint density at radius 1 is 1.37 bits per heavy atom. The Labute approximate surface area is 119 Å². The summed E-state index contributed by atoms with van der Waals surface area (Å²) < 4.78 is 5.19. The normalized spacial score (nSPS) is 15.4. The maximum absolute atomic E-state index is 11.5. The van der Waals surface area contributed by atoms with E-state index in [1.165, 1.54) is 12.8 Å². The minimum Gasteiger partial charge on any atom is -0.461 e. The molecule has 1 saturated carbocycles. The minimum absolute atomic E-state index is 0.0907. The molecule has 0 bridgehead atoms. The molecule has 0 radical (unpaired) electrons. The van der Waals surface area contributed by atoms with E-state index in [1.807, 2.05) is 37.3 Å². The number of rotatable bonds is 6. The van der Waals surface area contributed by atoms with Gasteiger partial charge in [-0.2, -0.15) is 0 Å². The van der Waals surface area contributed by atoms with Gasteiger partial charge >= 0.3 is 5.97 Å². The predicted octanol–water partition coefficient (Wildman–Crippen LogP) is 4.48. The van der Waals surface area contributed by atoms with Crippen LogP contribution in [-0.2, 0) is 9.53 Å². The first kappa shape index (κ1) is 14.1. The van der Waals surface area contributed by atoms with Crippen LogP contribution in [0.4, 0.5) is 0 Å². The molecule has 0 heterocycles. The molecule has 3 heteroatoms. The number of hydrogen-bond donors (Lipinski definition) is 0. The van der Waals surface area contributed by atoms with E-state index in [0.29, 0.717) is 13.0 Å². The molecule has 2 nitrogen and oxygen atoms in total. The summed E-state index contributed by atoms with van der Waals surface area (Å²) in [7, 11) is 0. The zero-order valence-corrected chi connectivity index (χ0v) is 12.0. The second kappa shape index (κ2) is 6.76. The summed E-state index contributed by atoms with van der Waals surface area (Å²) in [4.78, 5) is 11.5. The average Bonchev–Trinajstić information content (AvgIpc) is 3.21. The second-order valence-electron chi connectivity index (χ2n) is 5.06. The zero-order valence-electron chi connectivity index (χ0n) is 11.2. The Hall–Kier alpha value is -1.28. The van der Waals surface area contributed by atoms with E-state index in [-0.39, 0.29) is 5.97 Å². The first-order chi connectivity index (χ1) is 9.15. The molecule has 0 amide bonds. The van der Waals surface area contributed by atoms with Gasteiger partial charge in [-0.15, -0.1) is 0 Å². The van der Waals surface area contributed by atoms with E-state index in [0.717, 1.165) is 28.5 Å². The number of carbonyl (C=O) groups excluding carboxylic acids is 1. The van der Waals surface area contributed by atoms with Crippen LogP contribution in [0.2, 0.25) is 5.02 Å². The lowest BCUT2D eigenvalue weighted by molar-refractivity contribution is -0.142. The fourth-order valence-electron chi connectivity index (χ4n) is 1.89. The molecule has 0 aliphatic heterocycles. The molecule has 1 fully saturated rings. The number of benzene rings is 1. The van der Waals surface area contributed by atoms with Crippen LogP contribution in [0.1, 0.15) is 38.2 Å². The Morgan fingerprint density at radius 3 is 2.68 bits per heavy atom. The van der Waals surface area contributed by atoms with Gasteiger partial charge in [0.2, 0.25) is 0 Å². The van der Waals surface area contributed by atoms with E-state index < -0.39 is 0 Å². The summed E-state index contributed by atoms with van der Waals surface area (Å²) in [5.74, 6) is 0.686. The summed E-state index contributed by atoms with van der Waals surface area (Å²) in [5, 5.41) is 0.725. The molecular formula is C16H19ClO2. The highest BCUT2D eigenvalue weighted by Gasteiger charge is 2.22. The molecule has 0 unspecified atom stereocenters. The second-order valence-corrected chi connectivity index (χ2v) is 5.50. The standard InChI is InChI=1S/C16H19ClO2/c1-12(14-5-7-15(17)8-6-14)10-11-19-16(18)9-4-13-2-3-13/h5-8,10,13H,2-4,9,11H2,1H3. The number of allylic oxidation sites excluding steroid dienone is 1. The molecule has 19 heavy (non-hydrogen) atoms. The molecule has 0 saturated heterocycles. The summed E-state index contributed by atoms with van der Waals surface area (Å²) in [5.41, 5.74) is 2.19. The highest BCUT2D eigenvalue weighted by atomic mass is 35.5. The minimum atomic E-state index is -0.0907. The van der Waals surface area contributed by atoms with Crippen LogP contribution in [0.3, 0.4) is 0 Å². The Bertz CT molecular complexity index is 458. The third-order valence-electron chi connectivity index (χ3n) is 3.39. The Balaban J connectivity index is 1.74. The molecule has 102 valence electrons. The van der Waals surface area contributed by atoms with Crippen LogP contribution in [0.15, 0.2) is 30.3 Å². The van der Waals surface area contributed by atoms with Gasteiger partial charge in [0.1, 0.15) is 6.61 Å². The maximum atomic E-state index is 11.5. The summed E-state index contributed by atoms with van der Waals surface area (Å²) >= 11 is 5.84. The van der Waals surface area contributed by atoms with Crippen LogP contribution in [0.25, 0.3) is 5.57 Å². The molecule has 0 aromatic heterocycles. The van der Waals surface area contributed by atoms with Crippen molar-refractivity contribution in [3.63, 3.8) is 0 Å². The fraction of sp³-hybridized carbons (Fsp3) is 0.438. The van der Waals surface area contributed by atoms with Gasteiger partial charge in [0.05, 0.1) is 0 Å². The number of hydrogen-bond acceptors (Lipinski definition) is 2. The van der Waals surface area contributed by atoms with Crippen molar-refractivity contribution in [2.75, 3.05) is 6.61 Å². The van der Waals surface area contributed by atoms with E-state index in [1.54, 1.807) is 0 Å². The van der Waals surface area contributed by atoms with Gasteiger partial charge in [-0.25, -0.2) is 0 Å². The third kappa shape index (κ3) is 5.07. The molecule has 1 aliphatic rings. The molecule has 0 atom stereocenters. The first-order valence-corrected chi connectivity index (χ1v) is 7.11. The van der Waals surface area contributed by atoms with Crippen LogP contribution in [0.5, 0.6) is 0 Å². The van der Waals surface area contributed by atoms with E-state index in [2.05, 4.69) is 0 Å². The van der Waals surface area contributed by atoms with E-state index in [9.17, 15) is 4.79 Å². The molecule has 1 aliphatic carbocycles. The largest absolute Gasteiger partial charge is 0.461 e. The lowest BCUT2D eigenvalue weighted by atomic mass is 10.1. The van der Waals surface area contributed by atoms with Crippen molar-refractivity contribution < 1.29 is 9.53 Å². The van der Waals surface area contributed by atoms with Gasteiger partial charge in [0, 0.05) is 11.4 Å². The van der Waals surface area contributed by atoms with Gasteiger partial charge in [-0.05, 0) is 48.6 Å². The maximum Gasteiger partial charge on any atom is 0.306 e. The topological polar surface area (TPSA) is 26.3 Å². The summed E-state index contributed by atoms with van der Waals surface area (Å²) in [6.45, 7) is 2.35. The molecular weight excluding hydrogens is 260 g/mol. The molecule has 1 aromatic rings. The lowest BCUT2D eigenvalue weighted by Gasteiger charge is -2.04. The van der Waals surface area contributed by atoms with Crippen molar-refractivity contribution in [3.8, 4) is 0 Å². The molecule has 2 rings (SSSR count). The molecule has 0 N–H and O–H groups in total. The van der Waals surface area contributed by atoms with Gasteiger partial charge in [0.15, 0.2) is 0 Å². The number of esters is 1. The van der Waals surface area contributed by atoms with Gasteiger partial charge in [0.25, 0.3) is 0 Å². The average molecular weight is 279 g/mol. The van der Waals surface area contributed by atoms with Crippen LogP contribution in [-0.4, -0.2) is 12.6 Å². The van der Waals surface area contributed by atoms with Crippen LogP contribution >= 0.6 is 11.6 Å². The van der Waals surface area contributed by atoms with Crippen LogP contribution in [0, 0.1) is 5.92 Å². The fourth-order valence-corrected chi connectivity index (χ4v) is 2.02. The summed E-state index contributed by atoms with van der Waals surface area (Å²) in [6, 6.07) is 7.64. The number of ether oxygens (including phenoxy) is 1. The van der Waals surface area contributed by atoms with Gasteiger partial charge in [-0.1, -0.05) is 36.6 Å². The van der Waals surface area contributed by atoms with Crippen molar-refractivity contribution in [1.29, 1.82) is 0 Å². The lowest BCUT2D eigenvalue weighted by Crippen LogP contribution is -2.04. The first-order valence-electron chi connectivity index (χ1n) is 6.73. The van der Waals surface area contributed by atoms with Crippen molar-refractivity contribution in [3.05, 3.63) is 40.9 Å². The quantitative estimate of drug-likeness (QED) is 0.717. The smallest absolute Gasteiger partial charge is 0.306 e. The Kier molecular flexibility index (Phi) is 5.03. The van der Waals surface area contributed by atoms with Crippen molar-refractivity contribution >= 4 is 23.1 Å². The van der Waals surface area contributed by atoms with E-state index >= 15 is 0 Å². The van der Waals surface area contributed by atoms with Crippen molar-refractivity contribution in [2.45, 2.75) is 32.6 Å². The molecule has 0 spiro atoms. The Morgan fingerprint density at radius 2 is 2.05 bits per heavy atom. The zero-order chi connectivity index (χ0) is 13.7. The summed E-state index contributed by atoms with van der Waals surface area (Å²) in [6.07, 6.45) is 6.03. The SMILES string of the molecule is CC(=CCOC(=O)CCC1CC1)c1ccc(Cl)cc1. The van der Waals surface area contributed by atoms with Crippen molar-refractivity contribution in [1.82, 2.24) is 0 Å². The van der Waals surface area contributed by atoms with Gasteiger partial charge < -0.3 is 4.74 Å². The highest BCUT2D eigenvalue weighted by Crippen LogP contribution is 2.33. The van der Waals surface area contributed by atoms with E-state index in [4.69, 9.17) is 16.3 Å². The van der Waals surface area contributed by atoms with Gasteiger partial charge in [-0.3, -0.25) is 4.79 Å². The molecule has 1 aromatic carbocycles. The monoisotopic (exact) mass is 278 g/mol. The number of carbonyl (C=O) groups is 1.